The van der Waals surface area contributed by atoms with Crippen LogP contribution in [0.5, 0.6) is 0 Å². The first kappa shape index (κ1) is 12.8. The summed E-state index contributed by atoms with van der Waals surface area (Å²) in [5.41, 5.74) is 0. The smallest absolute Gasteiger partial charge is 0.282 e. The van der Waals surface area contributed by atoms with Gasteiger partial charge in [0.1, 0.15) is 0 Å². The molecule has 3 rings (SSSR count). The molecule has 0 spiro atoms. The molecule has 1 unspecified atom stereocenters. The molecule has 3 fully saturated rings. The minimum atomic E-state index is -3.20. The zero-order valence-corrected chi connectivity index (χ0v) is 11.8. The number of fused-ring (bicyclic) bond motifs is 1. The standard InChI is InChI=1S/C12H23N3O2S/c1-10-3-2-4-14(7-10)18(16,17)15-8-11-5-13-6-12(11)9-15/h10-13H,2-9H2,1H3/t10?,11-,12+. The fourth-order valence-corrected chi connectivity index (χ4v) is 5.41. The molecule has 0 radical (unpaired) electrons. The lowest BCUT2D eigenvalue weighted by molar-refractivity contribution is 0.262. The highest BCUT2D eigenvalue weighted by Crippen LogP contribution is 2.30. The third-order valence-corrected chi connectivity index (χ3v) is 6.56. The number of nitrogens with one attached hydrogen (secondary N) is 1. The zero-order chi connectivity index (χ0) is 12.8. The normalized spacial score (nSPS) is 39.1. The second kappa shape index (κ2) is 4.74. The average molecular weight is 273 g/mol. The van der Waals surface area contributed by atoms with Crippen molar-refractivity contribution in [3.63, 3.8) is 0 Å². The SMILES string of the molecule is CC1CCCN(S(=O)(=O)N2C[C@H]3CNC[C@H]3C2)C1. The maximum Gasteiger partial charge on any atom is 0.282 e. The second-order valence-corrected chi connectivity index (χ2v) is 8.04. The van der Waals surface area contributed by atoms with E-state index < -0.39 is 10.2 Å². The Labute approximate surface area is 110 Å². The first-order valence-corrected chi connectivity index (χ1v) is 8.43. The lowest BCUT2D eigenvalue weighted by Gasteiger charge is -2.33. The molecular weight excluding hydrogens is 250 g/mol. The van der Waals surface area contributed by atoms with Gasteiger partial charge in [-0.2, -0.15) is 17.0 Å². The third-order valence-electron chi connectivity index (χ3n) is 4.63. The van der Waals surface area contributed by atoms with E-state index >= 15 is 0 Å². The summed E-state index contributed by atoms with van der Waals surface area (Å²) in [7, 11) is -3.20. The molecule has 1 N–H and O–H groups in total. The fraction of sp³-hybridized carbons (Fsp3) is 1.00. The van der Waals surface area contributed by atoms with E-state index in [4.69, 9.17) is 0 Å². The Morgan fingerprint density at radius 1 is 1.06 bits per heavy atom. The highest BCUT2D eigenvalue weighted by atomic mass is 32.2. The van der Waals surface area contributed by atoms with Crippen molar-refractivity contribution < 1.29 is 8.42 Å². The van der Waals surface area contributed by atoms with Gasteiger partial charge in [0.05, 0.1) is 0 Å². The van der Waals surface area contributed by atoms with Crippen LogP contribution in [-0.4, -0.2) is 56.3 Å². The average Bonchev–Trinajstić information content (AvgIpc) is 2.89. The van der Waals surface area contributed by atoms with Crippen LogP contribution < -0.4 is 5.32 Å². The Balaban J connectivity index is 1.71. The van der Waals surface area contributed by atoms with Gasteiger partial charge in [0.15, 0.2) is 0 Å². The van der Waals surface area contributed by atoms with Gasteiger partial charge in [-0.1, -0.05) is 6.92 Å². The van der Waals surface area contributed by atoms with E-state index in [1.165, 1.54) is 0 Å². The van der Waals surface area contributed by atoms with E-state index in [2.05, 4.69) is 12.2 Å². The third kappa shape index (κ3) is 2.19. The van der Waals surface area contributed by atoms with Crippen molar-refractivity contribution in [1.82, 2.24) is 13.9 Å². The molecule has 5 nitrogen and oxygen atoms in total. The maximum atomic E-state index is 12.6. The van der Waals surface area contributed by atoms with E-state index in [0.29, 0.717) is 43.9 Å². The molecule has 0 aromatic rings. The Morgan fingerprint density at radius 3 is 2.33 bits per heavy atom. The molecule has 0 bridgehead atoms. The largest absolute Gasteiger partial charge is 0.316 e. The summed E-state index contributed by atoms with van der Waals surface area (Å²) in [5, 5.41) is 3.35. The summed E-state index contributed by atoms with van der Waals surface area (Å²) in [4.78, 5) is 0. The first-order valence-electron chi connectivity index (χ1n) is 7.03. The van der Waals surface area contributed by atoms with Crippen LogP contribution in [0.15, 0.2) is 0 Å². The lowest BCUT2D eigenvalue weighted by Crippen LogP contribution is -2.47. The highest BCUT2D eigenvalue weighted by Gasteiger charge is 2.43. The molecule has 3 aliphatic heterocycles. The van der Waals surface area contributed by atoms with Crippen molar-refractivity contribution in [2.24, 2.45) is 17.8 Å². The van der Waals surface area contributed by atoms with Gasteiger partial charge < -0.3 is 5.32 Å². The van der Waals surface area contributed by atoms with Crippen LogP contribution in [-0.2, 0) is 10.2 Å². The predicted octanol–water partition coefficient (Wildman–Crippen LogP) is 0.114. The van der Waals surface area contributed by atoms with Crippen LogP contribution >= 0.6 is 0 Å². The fourth-order valence-electron chi connectivity index (χ4n) is 3.52. The minimum Gasteiger partial charge on any atom is -0.316 e. The molecule has 18 heavy (non-hydrogen) atoms. The number of rotatable bonds is 2. The number of hydrogen-bond acceptors (Lipinski definition) is 3. The molecule has 0 amide bonds. The van der Waals surface area contributed by atoms with Crippen molar-refractivity contribution in [2.45, 2.75) is 19.8 Å². The predicted molar refractivity (Wildman–Crippen MR) is 70.3 cm³/mol. The van der Waals surface area contributed by atoms with E-state index in [-0.39, 0.29) is 0 Å². The van der Waals surface area contributed by atoms with E-state index in [0.717, 1.165) is 25.9 Å². The summed E-state index contributed by atoms with van der Waals surface area (Å²) >= 11 is 0. The molecule has 0 aromatic heterocycles. The molecular formula is C12H23N3O2S. The van der Waals surface area contributed by atoms with Gasteiger partial charge in [-0.3, -0.25) is 0 Å². The molecule has 0 aliphatic carbocycles. The van der Waals surface area contributed by atoms with Gasteiger partial charge in [0.2, 0.25) is 0 Å². The Hall–Kier alpha value is -0.170. The van der Waals surface area contributed by atoms with Crippen molar-refractivity contribution >= 4 is 10.2 Å². The van der Waals surface area contributed by atoms with Crippen LogP contribution in [0.25, 0.3) is 0 Å². The van der Waals surface area contributed by atoms with Crippen molar-refractivity contribution in [2.75, 3.05) is 39.3 Å². The highest BCUT2D eigenvalue weighted by molar-refractivity contribution is 7.86. The summed E-state index contributed by atoms with van der Waals surface area (Å²) in [6, 6.07) is 0. The van der Waals surface area contributed by atoms with Crippen LogP contribution in [0.2, 0.25) is 0 Å². The minimum absolute atomic E-state index is 0.497. The van der Waals surface area contributed by atoms with Crippen molar-refractivity contribution in [1.29, 1.82) is 0 Å². The van der Waals surface area contributed by atoms with Crippen molar-refractivity contribution in [3.05, 3.63) is 0 Å². The quantitative estimate of drug-likeness (QED) is 0.777. The molecule has 3 heterocycles. The Bertz CT molecular complexity index is 400. The molecule has 104 valence electrons. The molecule has 0 aromatic carbocycles. The van der Waals surface area contributed by atoms with E-state index in [1.54, 1.807) is 8.61 Å². The molecule has 3 atom stereocenters. The Kier molecular flexibility index (Phi) is 3.38. The molecule has 3 aliphatic rings. The van der Waals surface area contributed by atoms with Gasteiger partial charge in [0, 0.05) is 26.2 Å². The monoisotopic (exact) mass is 273 g/mol. The van der Waals surface area contributed by atoms with Gasteiger partial charge >= 0.3 is 0 Å². The van der Waals surface area contributed by atoms with Crippen LogP contribution in [0, 0.1) is 17.8 Å². The molecule has 6 heteroatoms. The van der Waals surface area contributed by atoms with Gasteiger partial charge in [-0.25, -0.2) is 0 Å². The zero-order valence-electron chi connectivity index (χ0n) is 11.0. The lowest BCUT2D eigenvalue weighted by atomic mass is 10.0. The summed E-state index contributed by atoms with van der Waals surface area (Å²) in [6.07, 6.45) is 2.16. The van der Waals surface area contributed by atoms with Gasteiger partial charge in [0.25, 0.3) is 10.2 Å². The van der Waals surface area contributed by atoms with Crippen molar-refractivity contribution in [3.8, 4) is 0 Å². The number of nitrogens with zero attached hydrogens (tertiary/aromatic N) is 2. The van der Waals surface area contributed by atoms with Gasteiger partial charge in [-0.05, 0) is 43.7 Å². The molecule has 3 saturated heterocycles. The summed E-state index contributed by atoms with van der Waals surface area (Å²) < 4.78 is 28.6. The van der Waals surface area contributed by atoms with Gasteiger partial charge in [-0.15, -0.1) is 0 Å². The molecule has 0 saturated carbocycles. The number of hydrogen-bond donors (Lipinski definition) is 1. The van der Waals surface area contributed by atoms with E-state index in [1.807, 2.05) is 0 Å². The maximum absolute atomic E-state index is 12.6. The Morgan fingerprint density at radius 2 is 1.72 bits per heavy atom. The van der Waals surface area contributed by atoms with Crippen LogP contribution in [0.4, 0.5) is 0 Å². The van der Waals surface area contributed by atoms with Crippen LogP contribution in [0.3, 0.4) is 0 Å². The van der Waals surface area contributed by atoms with E-state index in [9.17, 15) is 8.42 Å². The van der Waals surface area contributed by atoms with Crippen LogP contribution in [0.1, 0.15) is 19.8 Å². The summed E-state index contributed by atoms with van der Waals surface area (Å²) in [5.74, 6) is 1.56. The second-order valence-electron chi connectivity index (χ2n) is 6.11. The number of piperidine rings is 1. The summed E-state index contributed by atoms with van der Waals surface area (Å²) in [6.45, 7) is 6.93. The topological polar surface area (TPSA) is 52.7 Å². The first-order chi connectivity index (χ1) is 8.57.